The molecule has 2 aliphatic heterocycles. The van der Waals surface area contributed by atoms with E-state index in [9.17, 15) is 17.6 Å². The summed E-state index contributed by atoms with van der Waals surface area (Å²) in [6.07, 6.45) is 3.08. The number of halogens is 1. The normalized spacial score (nSPS) is 22.5. The summed E-state index contributed by atoms with van der Waals surface area (Å²) in [4.78, 5) is 15.2. The van der Waals surface area contributed by atoms with Crippen molar-refractivity contribution in [3.05, 3.63) is 53.2 Å². The zero-order chi connectivity index (χ0) is 21.8. The first-order chi connectivity index (χ1) is 14.9. The lowest BCUT2D eigenvalue weighted by atomic mass is 9.97. The maximum absolute atomic E-state index is 13.7. The quantitative estimate of drug-likeness (QED) is 0.627. The number of hydrogen-bond acceptors (Lipinski definition) is 5. The number of hydrogen-bond donors (Lipinski definition) is 0. The number of benzene rings is 1. The number of rotatable bonds is 7. The Labute approximate surface area is 186 Å². The van der Waals surface area contributed by atoms with Crippen molar-refractivity contribution in [1.82, 2.24) is 9.21 Å². The number of piperidine rings is 1. The molecule has 0 spiro atoms. The topological polar surface area (TPSA) is 66.9 Å². The van der Waals surface area contributed by atoms with Gasteiger partial charge in [-0.1, -0.05) is 18.2 Å². The minimum Gasteiger partial charge on any atom is -0.376 e. The summed E-state index contributed by atoms with van der Waals surface area (Å²) >= 11 is 1.19. The van der Waals surface area contributed by atoms with Crippen LogP contribution in [0.15, 0.2) is 46.0 Å². The monoisotopic (exact) mass is 466 g/mol. The fraction of sp³-hybridized carbons (Fsp3) is 0.500. The van der Waals surface area contributed by atoms with Gasteiger partial charge >= 0.3 is 0 Å². The summed E-state index contributed by atoms with van der Waals surface area (Å²) < 4.78 is 47.0. The van der Waals surface area contributed by atoms with Gasteiger partial charge in [0, 0.05) is 32.8 Å². The smallest absolute Gasteiger partial charge is 0.252 e. The molecule has 2 saturated heterocycles. The first kappa shape index (κ1) is 22.4. The van der Waals surface area contributed by atoms with Crippen LogP contribution in [0.2, 0.25) is 0 Å². The highest BCUT2D eigenvalue weighted by molar-refractivity contribution is 7.91. The average molecular weight is 467 g/mol. The Balaban J connectivity index is 1.51. The number of nitrogens with zero attached hydrogens (tertiary/aromatic N) is 2. The fourth-order valence-electron chi connectivity index (χ4n) is 4.28. The third-order valence-corrected chi connectivity index (χ3v) is 9.08. The third kappa shape index (κ3) is 5.34. The predicted octanol–water partition coefficient (Wildman–Crippen LogP) is 3.50. The highest BCUT2D eigenvalue weighted by Gasteiger charge is 2.36. The van der Waals surface area contributed by atoms with Gasteiger partial charge in [-0.25, -0.2) is 12.8 Å². The van der Waals surface area contributed by atoms with E-state index in [1.54, 1.807) is 34.5 Å². The van der Waals surface area contributed by atoms with Crippen LogP contribution >= 0.6 is 11.3 Å². The second-order valence-electron chi connectivity index (χ2n) is 8.12. The summed E-state index contributed by atoms with van der Waals surface area (Å²) in [7, 11) is -3.59. The molecule has 1 amide bonds. The lowest BCUT2D eigenvalue weighted by Crippen LogP contribution is -2.47. The molecule has 31 heavy (non-hydrogen) atoms. The summed E-state index contributed by atoms with van der Waals surface area (Å²) in [5.41, 5.74) is 0.713. The molecule has 0 bridgehead atoms. The number of sulfonamides is 1. The Kier molecular flexibility index (Phi) is 7.05. The van der Waals surface area contributed by atoms with Crippen molar-refractivity contribution in [2.24, 2.45) is 5.92 Å². The second-order valence-corrected chi connectivity index (χ2v) is 11.2. The SMILES string of the molecule is O=C(C1CCCN(S(=O)(=O)c2cccs2)C1)N(Cc1cccc(F)c1)CC1CCCO1. The van der Waals surface area contributed by atoms with Crippen molar-refractivity contribution in [3.8, 4) is 0 Å². The molecule has 3 heterocycles. The zero-order valence-electron chi connectivity index (χ0n) is 17.3. The maximum Gasteiger partial charge on any atom is 0.252 e. The molecule has 2 fully saturated rings. The van der Waals surface area contributed by atoms with Gasteiger partial charge in [0.05, 0.1) is 12.0 Å². The number of ether oxygens (including phenoxy) is 1. The number of carbonyl (C=O) groups is 1. The third-order valence-electron chi connectivity index (χ3n) is 5.84. The molecule has 2 atom stereocenters. The molecule has 9 heteroatoms. The van der Waals surface area contributed by atoms with Gasteiger partial charge in [-0.3, -0.25) is 4.79 Å². The first-order valence-electron chi connectivity index (χ1n) is 10.6. The van der Waals surface area contributed by atoms with Gasteiger partial charge in [0.2, 0.25) is 5.91 Å². The minimum absolute atomic E-state index is 0.0351. The van der Waals surface area contributed by atoms with Crippen molar-refractivity contribution in [2.45, 2.75) is 42.5 Å². The van der Waals surface area contributed by atoms with Gasteiger partial charge in [0.25, 0.3) is 10.0 Å². The lowest BCUT2D eigenvalue weighted by molar-refractivity contribution is -0.139. The van der Waals surface area contributed by atoms with Crippen LogP contribution in [0.1, 0.15) is 31.2 Å². The van der Waals surface area contributed by atoms with Gasteiger partial charge in [-0.05, 0) is 54.8 Å². The fourth-order valence-corrected chi connectivity index (χ4v) is 6.95. The zero-order valence-corrected chi connectivity index (χ0v) is 18.9. The van der Waals surface area contributed by atoms with Crippen molar-refractivity contribution >= 4 is 27.3 Å². The minimum atomic E-state index is -3.59. The number of thiophene rings is 1. The van der Waals surface area contributed by atoms with E-state index in [1.807, 2.05) is 0 Å². The van der Waals surface area contributed by atoms with Crippen LogP contribution in [0.4, 0.5) is 4.39 Å². The lowest BCUT2D eigenvalue weighted by Gasteiger charge is -2.35. The molecule has 2 aliphatic rings. The van der Waals surface area contributed by atoms with Crippen LogP contribution in [0, 0.1) is 11.7 Å². The highest BCUT2D eigenvalue weighted by Crippen LogP contribution is 2.28. The Morgan fingerprint density at radius 3 is 2.81 bits per heavy atom. The summed E-state index contributed by atoms with van der Waals surface area (Å²) in [6, 6.07) is 9.56. The van der Waals surface area contributed by atoms with Crippen LogP contribution in [0.5, 0.6) is 0 Å². The molecule has 0 saturated carbocycles. The predicted molar refractivity (Wildman–Crippen MR) is 117 cm³/mol. The second kappa shape index (κ2) is 9.77. The Morgan fingerprint density at radius 2 is 2.10 bits per heavy atom. The van der Waals surface area contributed by atoms with E-state index in [0.717, 1.165) is 12.8 Å². The molecule has 0 radical (unpaired) electrons. The van der Waals surface area contributed by atoms with Crippen LogP contribution in [0.25, 0.3) is 0 Å². The molecule has 0 N–H and O–H groups in total. The van der Waals surface area contributed by atoms with Gasteiger partial charge < -0.3 is 9.64 Å². The molecule has 1 aromatic carbocycles. The number of amides is 1. The van der Waals surface area contributed by atoms with Gasteiger partial charge in [-0.15, -0.1) is 11.3 Å². The molecule has 2 unspecified atom stereocenters. The maximum atomic E-state index is 13.7. The Hall–Kier alpha value is -1.81. The van der Waals surface area contributed by atoms with Gasteiger partial charge in [0.15, 0.2) is 0 Å². The van der Waals surface area contributed by atoms with E-state index in [0.29, 0.717) is 42.3 Å². The van der Waals surface area contributed by atoms with E-state index >= 15 is 0 Å². The standard InChI is InChI=1S/C22H27FN2O4S2/c23-19-7-1-5-17(13-19)14-24(16-20-8-3-11-29-20)22(26)18-6-2-10-25(15-18)31(27,28)21-9-4-12-30-21/h1,4-5,7,9,12-13,18,20H,2-3,6,8,10-11,14-16H2. The largest absolute Gasteiger partial charge is 0.376 e. The molecular formula is C22H27FN2O4S2. The first-order valence-corrected chi connectivity index (χ1v) is 12.9. The van der Waals surface area contributed by atoms with Gasteiger partial charge in [-0.2, -0.15) is 4.31 Å². The Bertz CT molecular complexity index is 991. The van der Waals surface area contributed by atoms with Gasteiger partial charge in [0.1, 0.15) is 10.0 Å². The molecule has 2 aromatic rings. The molecule has 1 aromatic heterocycles. The van der Waals surface area contributed by atoms with Crippen molar-refractivity contribution < 1.29 is 22.3 Å². The molecule has 6 nitrogen and oxygen atoms in total. The van der Waals surface area contributed by atoms with E-state index in [-0.39, 0.29) is 30.9 Å². The van der Waals surface area contributed by atoms with E-state index < -0.39 is 15.9 Å². The molecule has 168 valence electrons. The van der Waals surface area contributed by atoms with E-state index in [2.05, 4.69) is 0 Å². The van der Waals surface area contributed by atoms with Crippen LogP contribution in [-0.2, 0) is 26.1 Å². The summed E-state index contributed by atoms with van der Waals surface area (Å²) in [5.74, 6) is -0.850. The summed E-state index contributed by atoms with van der Waals surface area (Å²) in [6.45, 7) is 1.99. The van der Waals surface area contributed by atoms with E-state index in [4.69, 9.17) is 4.74 Å². The van der Waals surface area contributed by atoms with Crippen LogP contribution in [-0.4, -0.2) is 55.9 Å². The van der Waals surface area contributed by atoms with Crippen molar-refractivity contribution in [1.29, 1.82) is 0 Å². The Morgan fingerprint density at radius 1 is 1.23 bits per heavy atom. The van der Waals surface area contributed by atoms with E-state index in [1.165, 1.54) is 27.8 Å². The van der Waals surface area contributed by atoms with Crippen molar-refractivity contribution in [3.63, 3.8) is 0 Å². The highest BCUT2D eigenvalue weighted by atomic mass is 32.2. The molecular weight excluding hydrogens is 439 g/mol. The molecule has 4 rings (SSSR count). The van der Waals surface area contributed by atoms with Crippen molar-refractivity contribution in [2.75, 3.05) is 26.2 Å². The number of carbonyl (C=O) groups excluding carboxylic acids is 1. The average Bonchev–Trinajstić information content (AvgIpc) is 3.47. The summed E-state index contributed by atoms with van der Waals surface area (Å²) in [5, 5.41) is 1.74. The van der Waals surface area contributed by atoms with Crippen LogP contribution < -0.4 is 0 Å². The van der Waals surface area contributed by atoms with Crippen LogP contribution in [0.3, 0.4) is 0 Å². The molecule has 0 aliphatic carbocycles.